The minimum Gasteiger partial charge on any atom is -0.207 e. The van der Waals surface area contributed by atoms with Gasteiger partial charge in [0.15, 0.2) is 5.82 Å². The number of aromatic amines is 1. The molecule has 0 saturated carbocycles. The normalized spacial score (nSPS) is 16.4. The number of aryl methyl sites for hydroxylation is 2. The molecule has 1 unspecified atom stereocenters. The van der Waals surface area contributed by atoms with Gasteiger partial charge < -0.3 is 0 Å². The zero-order valence-corrected chi connectivity index (χ0v) is 12.5. The maximum absolute atomic E-state index is 12.4. The smallest absolute Gasteiger partial charge is 0.207 e. The Hall–Kier alpha value is -1.80. The van der Waals surface area contributed by atoms with Crippen LogP contribution in [0, 0.1) is 0 Å². The molecule has 0 bridgehead atoms. The molecule has 0 radical (unpaired) electrons. The Kier molecular flexibility index (Phi) is 3.73. The molecule has 0 amide bonds. The van der Waals surface area contributed by atoms with Gasteiger partial charge in [-0.05, 0) is 55.9 Å². The second kappa shape index (κ2) is 5.53. The fourth-order valence-electron chi connectivity index (χ4n) is 2.58. The van der Waals surface area contributed by atoms with Crippen LogP contribution in [0.15, 0.2) is 23.1 Å². The number of fused-ring (bicyclic) bond motifs is 1. The van der Waals surface area contributed by atoms with Crippen molar-refractivity contribution in [2.75, 3.05) is 0 Å². The molecule has 1 heterocycles. The third kappa shape index (κ3) is 2.96. The average molecular weight is 307 g/mol. The average Bonchev–Trinajstić information content (AvgIpc) is 3.00. The number of hydrogen-bond acceptors (Lipinski definition) is 5. The molecule has 112 valence electrons. The highest BCUT2D eigenvalue weighted by molar-refractivity contribution is 7.89. The van der Waals surface area contributed by atoms with Crippen molar-refractivity contribution in [1.29, 1.82) is 0 Å². The summed E-state index contributed by atoms with van der Waals surface area (Å²) in [5, 5.41) is 13.3. The van der Waals surface area contributed by atoms with Crippen LogP contribution in [-0.2, 0) is 22.9 Å². The molecule has 1 aromatic heterocycles. The summed E-state index contributed by atoms with van der Waals surface area (Å²) in [6, 6.07) is 4.82. The van der Waals surface area contributed by atoms with Gasteiger partial charge in [-0.15, -0.1) is 10.2 Å². The van der Waals surface area contributed by atoms with Gasteiger partial charge in [-0.1, -0.05) is 11.3 Å². The fourth-order valence-corrected chi connectivity index (χ4v) is 3.83. The van der Waals surface area contributed by atoms with E-state index in [0.717, 1.165) is 24.8 Å². The van der Waals surface area contributed by atoms with Crippen LogP contribution in [0.2, 0.25) is 0 Å². The lowest BCUT2D eigenvalue weighted by Crippen LogP contribution is -2.28. The van der Waals surface area contributed by atoms with E-state index in [1.807, 2.05) is 6.07 Å². The van der Waals surface area contributed by atoms with Gasteiger partial charge in [-0.25, -0.2) is 13.1 Å². The Morgan fingerprint density at radius 3 is 2.71 bits per heavy atom. The number of benzene rings is 1. The Labute approximate surface area is 123 Å². The quantitative estimate of drug-likeness (QED) is 0.881. The van der Waals surface area contributed by atoms with Gasteiger partial charge in [0, 0.05) is 0 Å². The van der Waals surface area contributed by atoms with E-state index in [2.05, 4.69) is 25.3 Å². The molecule has 0 spiro atoms. The maximum Gasteiger partial charge on any atom is 0.241 e. The van der Waals surface area contributed by atoms with Crippen LogP contribution in [0.1, 0.15) is 42.8 Å². The molecule has 1 aliphatic rings. The highest BCUT2D eigenvalue weighted by atomic mass is 32.2. The number of nitrogens with zero attached hydrogens (tertiary/aromatic N) is 3. The van der Waals surface area contributed by atoms with Crippen LogP contribution in [-0.4, -0.2) is 29.0 Å². The topological polar surface area (TPSA) is 101 Å². The lowest BCUT2D eigenvalue weighted by molar-refractivity contribution is 0.559. The highest BCUT2D eigenvalue weighted by Gasteiger charge is 2.22. The molecule has 1 aromatic carbocycles. The van der Waals surface area contributed by atoms with Crippen molar-refractivity contribution in [2.45, 2.75) is 43.5 Å². The summed E-state index contributed by atoms with van der Waals surface area (Å²) in [6.07, 6.45) is 4.26. The first-order valence-electron chi connectivity index (χ1n) is 6.94. The Balaban J connectivity index is 1.84. The van der Waals surface area contributed by atoms with Crippen molar-refractivity contribution in [3.05, 3.63) is 35.2 Å². The minimum atomic E-state index is -3.59. The van der Waals surface area contributed by atoms with Crippen LogP contribution < -0.4 is 4.72 Å². The number of nitrogens with one attached hydrogen (secondary N) is 2. The zero-order chi connectivity index (χ0) is 14.9. The summed E-state index contributed by atoms with van der Waals surface area (Å²) in [5.41, 5.74) is 2.39. The number of sulfonamides is 1. The molecule has 8 heteroatoms. The molecule has 2 aromatic rings. The zero-order valence-electron chi connectivity index (χ0n) is 11.7. The molecule has 0 saturated heterocycles. The van der Waals surface area contributed by atoms with Crippen molar-refractivity contribution in [3.63, 3.8) is 0 Å². The van der Waals surface area contributed by atoms with Gasteiger partial charge in [0.25, 0.3) is 0 Å². The molecule has 1 aliphatic carbocycles. The number of tetrazole rings is 1. The summed E-state index contributed by atoms with van der Waals surface area (Å²) in [5.74, 6) is 0.316. The van der Waals surface area contributed by atoms with E-state index >= 15 is 0 Å². The molecular weight excluding hydrogens is 290 g/mol. The minimum absolute atomic E-state index is 0.290. The van der Waals surface area contributed by atoms with E-state index < -0.39 is 16.1 Å². The summed E-state index contributed by atoms with van der Waals surface area (Å²) in [6.45, 7) is 1.68. The second-order valence-electron chi connectivity index (χ2n) is 5.25. The number of H-pyrrole nitrogens is 1. The number of rotatable bonds is 4. The third-order valence-corrected chi connectivity index (χ3v) is 5.25. The van der Waals surface area contributed by atoms with Crippen molar-refractivity contribution in [2.24, 2.45) is 0 Å². The standard InChI is InChI=1S/C13H17N5O2S/c1-9(13-14-17-18-15-13)16-21(19,20)12-7-6-10-4-2-3-5-11(10)8-12/h6-9,16H,2-5H2,1H3,(H,14,15,17,18). The highest BCUT2D eigenvalue weighted by Crippen LogP contribution is 2.24. The molecule has 0 aliphatic heterocycles. The molecule has 7 nitrogen and oxygen atoms in total. The number of aromatic nitrogens is 4. The van der Waals surface area contributed by atoms with Crippen LogP contribution in [0.3, 0.4) is 0 Å². The second-order valence-corrected chi connectivity index (χ2v) is 6.96. The van der Waals surface area contributed by atoms with Crippen molar-refractivity contribution >= 4 is 10.0 Å². The maximum atomic E-state index is 12.4. The van der Waals surface area contributed by atoms with Crippen LogP contribution in [0.5, 0.6) is 0 Å². The van der Waals surface area contributed by atoms with Crippen molar-refractivity contribution in [1.82, 2.24) is 25.3 Å². The summed E-state index contributed by atoms with van der Waals surface area (Å²) >= 11 is 0. The predicted octanol–water partition coefficient (Wildman–Crippen LogP) is 1.12. The summed E-state index contributed by atoms with van der Waals surface area (Å²) in [4.78, 5) is 0.290. The van der Waals surface area contributed by atoms with E-state index in [0.29, 0.717) is 10.7 Å². The van der Waals surface area contributed by atoms with Gasteiger partial charge >= 0.3 is 0 Å². The first-order valence-corrected chi connectivity index (χ1v) is 8.42. The van der Waals surface area contributed by atoms with Gasteiger partial charge in [-0.2, -0.15) is 5.21 Å². The van der Waals surface area contributed by atoms with Gasteiger partial charge in [0.1, 0.15) is 0 Å². The fraction of sp³-hybridized carbons (Fsp3) is 0.462. The van der Waals surface area contributed by atoms with E-state index in [1.54, 1.807) is 19.1 Å². The monoisotopic (exact) mass is 307 g/mol. The Morgan fingerprint density at radius 1 is 1.24 bits per heavy atom. The first kappa shape index (κ1) is 14.2. The van der Waals surface area contributed by atoms with Crippen LogP contribution in [0.4, 0.5) is 0 Å². The van der Waals surface area contributed by atoms with Gasteiger partial charge in [0.05, 0.1) is 10.9 Å². The van der Waals surface area contributed by atoms with E-state index in [1.165, 1.54) is 12.0 Å². The van der Waals surface area contributed by atoms with Gasteiger partial charge in [-0.3, -0.25) is 0 Å². The van der Waals surface area contributed by atoms with E-state index in [4.69, 9.17) is 0 Å². The largest absolute Gasteiger partial charge is 0.241 e. The summed E-state index contributed by atoms with van der Waals surface area (Å²) in [7, 11) is -3.59. The SMILES string of the molecule is CC(NS(=O)(=O)c1ccc2c(c1)CCCC2)c1nn[nH]n1. The molecule has 2 N–H and O–H groups in total. The Bertz CT molecular complexity index is 727. The molecule has 3 rings (SSSR count). The summed E-state index contributed by atoms with van der Waals surface area (Å²) < 4.78 is 27.4. The Morgan fingerprint density at radius 2 is 2.00 bits per heavy atom. The third-order valence-electron chi connectivity index (χ3n) is 3.71. The van der Waals surface area contributed by atoms with Crippen molar-refractivity contribution in [3.8, 4) is 0 Å². The van der Waals surface area contributed by atoms with E-state index in [-0.39, 0.29) is 0 Å². The number of hydrogen-bond donors (Lipinski definition) is 2. The lowest BCUT2D eigenvalue weighted by Gasteiger charge is -2.17. The van der Waals surface area contributed by atoms with Crippen LogP contribution in [0.25, 0.3) is 0 Å². The van der Waals surface area contributed by atoms with E-state index in [9.17, 15) is 8.42 Å². The molecule has 1 atom stereocenters. The van der Waals surface area contributed by atoms with Crippen molar-refractivity contribution < 1.29 is 8.42 Å². The van der Waals surface area contributed by atoms with Gasteiger partial charge in [0.2, 0.25) is 10.0 Å². The predicted molar refractivity (Wildman–Crippen MR) is 76.0 cm³/mol. The molecular formula is C13H17N5O2S. The first-order chi connectivity index (χ1) is 10.1. The van der Waals surface area contributed by atoms with Crippen LogP contribution >= 0.6 is 0 Å². The molecule has 0 fully saturated rings. The lowest BCUT2D eigenvalue weighted by atomic mass is 9.92. The molecule has 21 heavy (non-hydrogen) atoms.